The van der Waals surface area contributed by atoms with Crippen LogP contribution in [0, 0.1) is 12.3 Å². The summed E-state index contributed by atoms with van der Waals surface area (Å²) in [6, 6.07) is 2.72. The smallest absolute Gasteiger partial charge is 0.284 e. The van der Waals surface area contributed by atoms with Crippen molar-refractivity contribution in [1.82, 2.24) is 14.6 Å². The van der Waals surface area contributed by atoms with Gasteiger partial charge < -0.3 is 16.2 Å². The van der Waals surface area contributed by atoms with Gasteiger partial charge in [0, 0.05) is 12.7 Å². The largest absolute Gasteiger partial charge is 0.390 e. The standard InChI is InChI=1S/C21H31N4O5S/c22-21(28)16-10-11-17(18(26)14-24-16)25(31(29,30)19-8-4-5-13-23-19)20(27)12-9-15-6-2-1-3-7-15/h4-5,8,12-13,15-18,24,26H,1-3,6-7,9-11,14H2,(H2,22,28)/t16-,17+,18+/m1/s1. The number of hydrogen-bond acceptors (Lipinski definition) is 7. The number of nitrogens with zero attached hydrogens (tertiary/aromatic N) is 2. The predicted octanol–water partition coefficient (Wildman–Crippen LogP) is 0.740. The Bertz CT molecular complexity index is 858. The van der Waals surface area contributed by atoms with Crippen molar-refractivity contribution in [2.75, 3.05) is 6.54 Å². The number of amides is 2. The fraction of sp³-hybridized carbons (Fsp3) is 0.619. The molecule has 2 amide bonds. The van der Waals surface area contributed by atoms with Gasteiger partial charge in [0.2, 0.25) is 11.8 Å². The van der Waals surface area contributed by atoms with E-state index in [1.54, 1.807) is 6.07 Å². The molecule has 2 heterocycles. The first kappa shape index (κ1) is 23.6. The molecule has 4 N–H and O–H groups in total. The first-order chi connectivity index (χ1) is 14.8. The average Bonchev–Trinajstić information content (AvgIpc) is 2.96. The molecule has 10 heteroatoms. The van der Waals surface area contributed by atoms with E-state index in [0.717, 1.165) is 30.0 Å². The van der Waals surface area contributed by atoms with Gasteiger partial charge >= 0.3 is 0 Å². The molecule has 1 saturated carbocycles. The van der Waals surface area contributed by atoms with E-state index < -0.39 is 40.0 Å². The van der Waals surface area contributed by atoms with Gasteiger partial charge in [0.05, 0.1) is 24.6 Å². The van der Waals surface area contributed by atoms with Crippen molar-refractivity contribution in [2.24, 2.45) is 11.7 Å². The highest BCUT2D eigenvalue weighted by Crippen LogP contribution is 2.29. The molecule has 3 atom stereocenters. The lowest BCUT2D eigenvalue weighted by Gasteiger charge is -2.33. The zero-order chi connectivity index (χ0) is 22.4. The lowest BCUT2D eigenvalue weighted by Crippen LogP contribution is -2.52. The molecule has 1 aromatic rings. The van der Waals surface area contributed by atoms with Crippen LogP contribution in [0.3, 0.4) is 0 Å². The maximum absolute atomic E-state index is 13.4. The van der Waals surface area contributed by atoms with Gasteiger partial charge in [-0.25, -0.2) is 9.29 Å². The molecule has 3 rings (SSSR count). The predicted molar refractivity (Wildman–Crippen MR) is 114 cm³/mol. The normalized spacial score (nSPS) is 25.5. The lowest BCUT2D eigenvalue weighted by molar-refractivity contribution is -0.126. The second kappa shape index (κ2) is 10.5. The van der Waals surface area contributed by atoms with Crippen LogP contribution < -0.4 is 11.1 Å². The first-order valence-corrected chi connectivity index (χ1v) is 12.3. The summed E-state index contributed by atoms with van der Waals surface area (Å²) >= 11 is 0. The molecule has 1 aromatic heterocycles. The molecule has 1 aliphatic heterocycles. The summed E-state index contributed by atoms with van der Waals surface area (Å²) in [6.07, 6.45) is 7.86. The Morgan fingerprint density at radius 2 is 1.94 bits per heavy atom. The minimum absolute atomic E-state index is 0.0532. The molecule has 2 aliphatic rings. The number of hydrogen-bond donors (Lipinski definition) is 3. The fourth-order valence-electron chi connectivity index (χ4n) is 4.39. The number of β-amino-alcohol motifs (C(OH)–C–C–N with tert-alkyl or cyclic N) is 1. The Kier molecular flexibility index (Phi) is 8.01. The van der Waals surface area contributed by atoms with Gasteiger partial charge in [-0.2, -0.15) is 8.42 Å². The molecule has 0 bridgehead atoms. The van der Waals surface area contributed by atoms with Crippen molar-refractivity contribution >= 4 is 21.8 Å². The molecule has 0 aromatic carbocycles. The number of nitrogens with two attached hydrogens (primary N) is 1. The Morgan fingerprint density at radius 3 is 2.58 bits per heavy atom. The van der Waals surface area contributed by atoms with Crippen LogP contribution in [0.25, 0.3) is 0 Å². The third-order valence-electron chi connectivity index (χ3n) is 6.14. The zero-order valence-electron chi connectivity index (χ0n) is 17.5. The molecule has 31 heavy (non-hydrogen) atoms. The summed E-state index contributed by atoms with van der Waals surface area (Å²) in [5, 5.41) is 13.3. The first-order valence-electron chi connectivity index (χ1n) is 10.8. The van der Waals surface area contributed by atoms with Crippen molar-refractivity contribution in [1.29, 1.82) is 0 Å². The summed E-state index contributed by atoms with van der Waals surface area (Å²) in [6.45, 7) is -0.0532. The molecular weight excluding hydrogens is 420 g/mol. The number of carbonyl (C=O) groups is 2. The van der Waals surface area contributed by atoms with Crippen molar-refractivity contribution < 1.29 is 23.1 Å². The SMILES string of the molecule is NC(=O)[C@H]1CC[C@H](N(C(=O)[CH]CC2CCCCC2)S(=O)(=O)c2ccccn2)[C@@H](O)CN1. The van der Waals surface area contributed by atoms with Crippen molar-refractivity contribution in [3.63, 3.8) is 0 Å². The molecule has 1 aliphatic carbocycles. The van der Waals surface area contributed by atoms with Crippen molar-refractivity contribution in [3.05, 3.63) is 30.8 Å². The number of nitrogens with one attached hydrogen (secondary N) is 1. The second-order valence-electron chi connectivity index (χ2n) is 8.33. The van der Waals surface area contributed by atoms with E-state index in [9.17, 15) is 23.1 Å². The highest BCUT2D eigenvalue weighted by atomic mass is 32.2. The van der Waals surface area contributed by atoms with Crippen molar-refractivity contribution in [2.45, 2.75) is 74.6 Å². The van der Waals surface area contributed by atoms with E-state index in [1.165, 1.54) is 31.2 Å². The number of aromatic nitrogens is 1. The van der Waals surface area contributed by atoms with Crippen LogP contribution >= 0.6 is 0 Å². The van der Waals surface area contributed by atoms with Gasteiger partial charge in [-0.3, -0.25) is 9.59 Å². The third-order valence-corrected chi connectivity index (χ3v) is 7.88. The number of sulfonamides is 1. The van der Waals surface area contributed by atoms with Crippen LogP contribution in [-0.4, -0.2) is 59.4 Å². The van der Waals surface area contributed by atoms with Crippen molar-refractivity contribution in [3.8, 4) is 0 Å². The highest BCUT2D eigenvalue weighted by Gasteiger charge is 2.41. The van der Waals surface area contributed by atoms with Gasteiger partial charge in [0.1, 0.15) is 0 Å². The summed E-state index contributed by atoms with van der Waals surface area (Å²) in [4.78, 5) is 28.7. The number of pyridine rings is 1. The molecule has 1 radical (unpaired) electrons. The summed E-state index contributed by atoms with van der Waals surface area (Å²) in [5.41, 5.74) is 5.37. The molecule has 1 saturated heterocycles. The Labute approximate surface area is 183 Å². The van der Waals surface area contributed by atoms with Crippen LogP contribution in [0.4, 0.5) is 0 Å². The maximum atomic E-state index is 13.4. The number of rotatable bonds is 7. The molecule has 171 valence electrons. The number of aliphatic hydroxyl groups is 1. The fourth-order valence-corrected chi connectivity index (χ4v) is 5.95. The van der Waals surface area contributed by atoms with Gasteiger partial charge in [-0.15, -0.1) is 0 Å². The van der Waals surface area contributed by atoms with E-state index >= 15 is 0 Å². The Balaban J connectivity index is 1.86. The van der Waals surface area contributed by atoms with E-state index in [4.69, 9.17) is 5.73 Å². The second-order valence-corrected chi connectivity index (χ2v) is 10.1. The quantitative estimate of drug-likeness (QED) is 0.555. The topological polar surface area (TPSA) is 143 Å². The molecule has 0 unspecified atom stereocenters. The summed E-state index contributed by atoms with van der Waals surface area (Å²) in [7, 11) is -4.30. The van der Waals surface area contributed by atoms with Gasteiger partial charge in [-0.1, -0.05) is 38.2 Å². The highest BCUT2D eigenvalue weighted by molar-refractivity contribution is 7.89. The van der Waals surface area contributed by atoms with Crippen LogP contribution in [-0.2, 0) is 19.6 Å². The van der Waals surface area contributed by atoms with Gasteiger partial charge in [0.25, 0.3) is 10.0 Å². The van der Waals surface area contributed by atoms with E-state index in [-0.39, 0.29) is 24.4 Å². The third kappa shape index (κ3) is 5.81. The lowest BCUT2D eigenvalue weighted by atomic mass is 9.86. The van der Waals surface area contributed by atoms with Crippen LogP contribution in [0.1, 0.15) is 51.4 Å². The minimum Gasteiger partial charge on any atom is -0.390 e. The molecule has 0 spiro atoms. The maximum Gasteiger partial charge on any atom is 0.284 e. The average molecular weight is 452 g/mol. The number of primary amides is 1. The Morgan fingerprint density at radius 1 is 1.19 bits per heavy atom. The monoisotopic (exact) mass is 451 g/mol. The van der Waals surface area contributed by atoms with Gasteiger partial charge in [0.15, 0.2) is 5.03 Å². The Hall–Kier alpha value is -2.04. The number of carbonyl (C=O) groups excluding carboxylic acids is 2. The van der Waals surface area contributed by atoms with Crippen LogP contribution in [0.15, 0.2) is 29.4 Å². The minimum atomic E-state index is -4.30. The zero-order valence-corrected chi connectivity index (χ0v) is 18.3. The summed E-state index contributed by atoms with van der Waals surface area (Å²) in [5.74, 6) is -0.892. The van der Waals surface area contributed by atoms with Crippen LogP contribution in [0.5, 0.6) is 0 Å². The van der Waals surface area contributed by atoms with Crippen LogP contribution in [0.2, 0.25) is 0 Å². The summed E-state index contributed by atoms with van der Waals surface area (Å²) < 4.78 is 27.6. The number of aliphatic hydroxyl groups excluding tert-OH is 1. The molecular formula is C21H31N4O5S. The molecule has 9 nitrogen and oxygen atoms in total. The van der Waals surface area contributed by atoms with E-state index in [2.05, 4.69) is 10.3 Å². The van der Waals surface area contributed by atoms with E-state index in [0.29, 0.717) is 12.3 Å². The van der Waals surface area contributed by atoms with E-state index in [1.807, 2.05) is 0 Å². The molecule has 2 fully saturated rings. The van der Waals surface area contributed by atoms with Gasteiger partial charge in [-0.05, 0) is 37.3 Å².